The average molecular weight is 443 g/mol. The lowest BCUT2D eigenvalue weighted by atomic mass is 10.0. The third-order valence-electron chi connectivity index (χ3n) is 5.66. The van der Waals surface area contributed by atoms with Crippen LogP contribution in [0.5, 0.6) is 11.5 Å². The Labute approximate surface area is 191 Å². The molecule has 0 unspecified atom stereocenters. The Bertz CT molecular complexity index is 1220. The molecular weight excluding hydrogens is 420 g/mol. The minimum atomic E-state index is -0.154. The summed E-state index contributed by atoms with van der Waals surface area (Å²) in [5, 5.41) is 13.9. The van der Waals surface area contributed by atoms with E-state index in [9.17, 15) is 5.11 Å². The maximum absolute atomic E-state index is 9.79. The molecule has 3 heterocycles. The van der Waals surface area contributed by atoms with Gasteiger partial charge < -0.3 is 24.6 Å². The van der Waals surface area contributed by atoms with Gasteiger partial charge in [0.2, 0.25) is 0 Å². The predicted molar refractivity (Wildman–Crippen MR) is 128 cm³/mol. The molecule has 2 atom stereocenters. The zero-order valence-electron chi connectivity index (χ0n) is 17.4. The van der Waals surface area contributed by atoms with Gasteiger partial charge in [-0.25, -0.2) is 0 Å². The summed E-state index contributed by atoms with van der Waals surface area (Å²) < 4.78 is 7.47. The summed E-state index contributed by atoms with van der Waals surface area (Å²) in [6, 6.07) is 24.8. The molecular formula is C25H22N4O2S. The number of nitrogens with zero attached hydrogens (tertiary/aromatic N) is 3. The number of aromatic hydroxyl groups is 1. The Morgan fingerprint density at radius 2 is 1.69 bits per heavy atom. The van der Waals surface area contributed by atoms with E-state index in [4.69, 9.17) is 17.0 Å². The third kappa shape index (κ3) is 3.56. The standard InChI is InChI=1S/C25H22N4O2S/c1-31-20-13-9-17(10-14-20)28-16-4-6-22(28)24-23(21-5-2-3-15-26-21)27-25(32)29(24)18-7-11-19(30)12-8-18/h2-16,23-24,30H,1H3,(H,27,32)/t23-,24-/m0/s1. The summed E-state index contributed by atoms with van der Waals surface area (Å²) in [6.45, 7) is 0. The Morgan fingerprint density at radius 1 is 0.938 bits per heavy atom. The zero-order valence-corrected chi connectivity index (χ0v) is 18.2. The highest BCUT2D eigenvalue weighted by atomic mass is 32.1. The van der Waals surface area contributed by atoms with Crippen LogP contribution in [0.1, 0.15) is 23.5 Å². The van der Waals surface area contributed by atoms with Gasteiger partial charge in [-0.1, -0.05) is 6.07 Å². The Kier molecular flexibility index (Phi) is 5.25. The molecule has 2 aromatic heterocycles. The topological polar surface area (TPSA) is 62.5 Å². The van der Waals surface area contributed by atoms with Crippen LogP contribution in [-0.4, -0.2) is 26.9 Å². The van der Waals surface area contributed by atoms with Crippen molar-refractivity contribution in [1.82, 2.24) is 14.9 Å². The Balaban J connectivity index is 1.64. The van der Waals surface area contributed by atoms with Gasteiger partial charge in [-0.3, -0.25) is 4.98 Å². The summed E-state index contributed by atoms with van der Waals surface area (Å²) in [4.78, 5) is 6.69. The van der Waals surface area contributed by atoms with Crippen LogP contribution in [0.3, 0.4) is 0 Å². The van der Waals surface area contributed by atoms with Crippen molar-refractivity contribution >= 4 is 23.0 Å². The molecule has 1 aliphatic rings. The van der Waals surface area contributed by atoms with E-state index in [0.29, 0.717) is 5.11 Å². The minimum Gasteiger partial charge on any atom is -0.508 e. The lowest BCUT2D eigenvalue weighted by molar-refractivity contribution is 0.414. The van der Waals surface area contributed by atoms with Gasteiger partial charge >= 0.3 is 0 Å². The van der Waals surface area contributed by atoms with Gasteiger partial charge in [0.15, 0.2) is 5.11 Å². The van der Waals surface area contributed by atoms with E-state index >= 15 is 0 Å². The van der Waals surface area contributed by atoms with Crippen LogP contribution in [0.15, 0.2) is 91.3 Å². The van der Waals surface area contributed by atoms with E-state index in [1.807, 2.05) is 66.9 Å². The molecule has 6 nitrogen and oxygen atoms in total. The minimum absolute atomic E-state index is 0.149. The fourth-order valence-corrected chi connectivity index (χ4v) is 4.51. The summed E-state index contributed by atoms with van der Waals surface area (Å²) in [6.07, 6.45) is 3.84. The lowest BCUT2D eigenvalue weighted by Gasteiger charge is -2.29. The number of phenols is 1. The smallest absolute Gasteiger partial charge is 0.174 e. The molecule has 1 fully saturated rings. The number of ether oxygens (including phenoxy) is 1. The van der Waals surface area contributed by atoms with Gasteiger partial charge in [-0.05, 0) is 85.0 Å². The largest absolute Gasteiger partial charge is 0.508 e. The maximum Gasteiger partial charge on any atom is 0.174 e. The SMILES string of the molecule is COc1ccc(-n2cccc2[C@H]2[C@H](c3ccccn3)NC(=S)N2c2ccc(O)cc2)cc1. The predicted octanol–water partition coefficient (Wildman–Crippen LogP) is 4.76. The van der Waals surface area contributed by atoms with Crippen LogP contribution in [0.2, 0.25) is 0 Å². The number of hydrogen-bond donors (Lipinski definition) is 2. The molecule has 160 valence electrons. The van der Waals surface area contributed by atoms with Crippen molar-refractivity contribution in [3.05, 3.63) is 103 Å². The Morgan fingerprint density at radius 3 is 2.38 bits per heavy atom. The molecule has 5 rings (SSSR count). The molecule has 7 heteroatoms. The van der Waals surface area contributed by atoms with Gasteiger partial charge in [-0.2, -0.15) is 0 Å². The molecule has 0 saturated carbocycles. The van der Waals surface area contributed by atoms with Crippen LogP contribution < -0.4 is 15.0 Å². The fourth-order valence-electron chi connectivity index (χ4n) is 4.16. The molecule has 2 N–H and O–H groups in total. The van der Waals surface area contributed by atoms with Gasteiger partial charge in [-0.15, -0.1) is 0 Å². The number of anilines is 1. The molecule has 0 bridgehead atoms. The van der Waals surface area contributed by atoms with Crippen LogP contribution in [0.4, 0.5) is 5.69 Å². The summed E-state index contributed by atoms with van der Waals surface area (Å²) in [7, 11) is 1.66. The number of pyridine rings is 1. The van der Waals surface area contributed by atoms with E-state index in [2.05, 4.69) is 25.8 Å². The molecule has 32 heavy (non-hydrogen) atoms. The number of thiocarbonyl (C=S) groups is 1. The van der Waals surface area contributed by atoms with Gasteiger partial charge in [0.25, 0.3) is 0 Å². The van der Waals surface area contributed by atoms with Crippen molar-refractivity contribution in [2.75, 3.05) is 12.0 Å². The normalized spacial score (nSPS) is 17.9. The van der Waals surface area contributed by atoms with Crippen LogP contribution in [-0.2, 0) is 0 Å². The second-order valence-corrected chi connectivity index (χ2v) is 7.90. The highest BCUT2D eigenvalue weighted by Gasteiger charge is 2.42. The van der Waals surface area contributed by atoms with E-state index in [1.54, 1.807) is 25.4 Å². The van der Waals surface area contributed by atoms with E-state index in [0.717, 1.165) is 28.5 Å². The quantitative estimate of drug-likeness (QED) is 0.435. The highest BCUT2D eigenvalue weighted by Crippen LogP contribution is 2.42. The number of nitrogens with one attached hydrogen (secondary N) is 1. The number of benzene rings is 2. The monoisotopic (exact) mass is 442 g/mol. The first-order chi connectivity index (χ1) is 15.7. The van der Waals surface area contributed by atoms with Crippen LogP contribution >= 0.6 is 12.2 Å². The molecule has 4 aromatic rings. The molecule has 0 radical (unpaired) electrons. The van der Waals surface area contributed by atoms with Crippen molar-refractivity contribution in [2.45, 2.75) is 12.1 Å². The fraction of sp³-hybridized carbons (Fsp3) is 0.120. The Hall–Kier alpha value is -3.84. The third-order valence-corrected chi connectivity index (χ3v) is 5.97. The van der Waals surface area contributed by atoms with Gasteiger partial charge in [0.1, 0.15) is 17.5 Å². The van der Waals surface area contributed by atoms with Crippen molar-refractivity contribution < 1.29 is 9.84 Å². The second kappa shape index (κ2) is 8.36. The van der Waals surface area contributed by atoms with Gasteiger partial charge in [0.05, 0.1) is 18.8 Å². The summed E-state index contributed by atoms with van der Waals surface area (Å²) >= 11 is 5.77. The average Bonchev–Trinajstić information content (AvgIpc) is 3.44. The maximum atomic E-state index is 9.79. The zero-order chi connectivity index (χ0) is 22.1. The molecule has 0 spiro atoms. The van der Waals surface area contributed by atoms with E-state index < -0.39 is 0 Å². The first kappa shape index (κ1) is 20.1. The van der Waals surface area contributed by atoms with E-state index in [-0.39, 0.29) is 17.8 Å². The van der Waals surface area contributed by atoms with Crippen molar-refractivity contribution in [1.29, 1.82) is 0 Å². The first-order valence-corrected chi connectivity index (χ1v) is 10.7. The van der Waals surface area contributed by atoms with Crippen LogP contribution in [0, 0.1) is 0 Å². The number of hydrogen-bond acceptors (Lipinski definition) is 4. The lowest BCUT2D eigenvalue weighted by Crippen LogP contribution is -2.30. The highest BCUT2D eigenvalue weighted by molar-refractivity contribution is 7.80. The van der Waals surface area contributed by atoms with Crippen molar-refractivity contribution in [3.8, 4) is 17.2 Å². The first-order valence-electron chi connectivity index (χ1n) is 10.3. The molecule has 0 amide bonds. The number of phenolic OH excluding ortho intramolecular Hbond substituents is 1. The molecule has 1 aliphatic heterocycles. The van der Waals surface area contributed by atoms with Crippen molar-refractivity contribution in [2.24, 2.45) is 0 Å². The summed E-state index contributed by atoms with van der Waals surface area (Å²) in [5.74, 6) is 1.02. The molecule has 2 aromatic carbocycles. The van der Waals surface area contributed by atoms with E-state index in [1.165, 1.54) is 0 Å². The summed E-state index contributed by atoms with van der Waals surface area (Å²) in [5.41, 5.74) is 3.88. The number of aromatic nitrogens is 2. The van der Waals surface area contributed by atoms with Gasteiger partial charge in [0, 0.05) is 29.5 Å². The van der Waals surface area contributed by atoms with Crippen molar-refractivity contribution in [3.63, 3.8) is 0 Å². The number of rotatable bonds is 5. The molecule has 1 saturated heterocycles. The number of methoxy groups -OCH3 is 1. The molecule has 0 aliphatic carbocycles. The second-order valence-electron chi connectivity index (χ2n) is 7.51. The van der Waals surface area contributed by atoms with Crippen LogP contribution in [0.25, 0.3) is 5.69 Å².